The van der Waals surface area contributed by atoms with Crippen LogP contribution >= 0.6 is 0 Å². The minimum absolute atomic E-state index is 0.207. The highest BCUT2D eigenvalue weighted by atomic mass is 16.2. The fraction of sp³-hybridized carbons (Fsp3) is 0.143. The van der Waals surface area contributed by atoms with Gasteiger partial charge in [-0.3, -0.25) is 9.20 Å². The maximum atomic E-state index is 12.2. The lowest BCUT2D eigenvalue weighted by atomic mass is 10.2. The summed E-state index contributed by atoms with van der Waals surface area (Å²) in [6.07, 6.45) is 3.38. The van der Waals surface area contributed by atoms with E-state index >= 15 is 0 Å². The molecular formula is C14H14N6O. The van der Waals surface area contributed by atoms with E-state index in [-0.39, 0.29) is 17.6 Å². The highest BCUT2D eigenvalue weighted by molar-refractivity contribution is 5.97. The molecule has 106 valence electrons. The molecule has 0 aliphatic carbocycles. The van der Waals surface area contributed by atoms with Crippen LogP contribution in [0.1, 0.15) is 29.3 Å². The van der Waals surface area contributed by atoms with Crippen molar-refractivity contribution in [1.29, 1.82) is 0 Å². The smallest absolute Gasteiger partial charge is 0.272 e. The van der Waals surface area contributed by atoms with Crippen LogP contribution < -0.4 is 11.1 Å². The van der Waals surface area contributed by atoms with Crippen LogP contribution in [0.5, 0.6) is 0 Å². The van der Waals surface area contributed by atoms with Crippen molar-refractivity contribution in [2.75, 3.05) is 5.73 Å². The average Bonchev–Trinajstić information content (AvgIpc) is 2.91. The van der Waals surface area contributed by atoms with Gasteiger partial charge in [0.05, 0.1) is 11.7 Å². The van der Waals surface area contributed by atoms with Crippen LogP contribution in [0.15, 0.2) is 42.7 Å². The number of hydrogen-bond acceptors (Lipinski definition) is 5. The van der Waals surface area contributed by atoms with Crippen molar-refractivity contribution >= 4 is 17.2 Å². The molecular weight excluding hydrogens is 268 g/mol. The summed E-state index contributed by atoms with van der Waals surface area (Å²) in [7, 11) is 0. The van der Waals surface area contributed by atoms with E-state index in [1.165, 1.54) is 6.20 Å². The second-order valence-corrected chi connectivity index (χ2v) is 4.62. The van der Waals surface area contributed by atoms with Gasteiger partial charge in [0.15, 0.2) is 17.2 Å². The number of rotatable bonds is 3. The number of hydrogen-bond donors (Lipinski definition) is 2. The van der Waals surface area contributed by atoms with Crippen molar-refractivity contribution in [2.24, 2.45) is 0 Å². The number of nitrogen functional groups attached to an aromatic ring is 1. The number of carbonyl (C=O) groups excluding carboxylic acids is 1. The molecule has 3 N–H and O–H groups in total. The SMILES string of the molecule is CC(NC(=O)c1ncccc1N)c1nnc2ccccn12. The van der Waals surface area contributed by atoms with Gasteiger partial charge in [-0.1, -0.05) is 6.07 Å². The Morgan fingerprint density at radius 3 is 2.95 bits per heavy atom. The van der Waals surface area contributed by atoms with E-state index in [9.17, 15) is 4.79 Å². The molecule has 21 heavy (non-hydrogen) atoms. The van der Waals surface area contributed by atoms with Crippen LogP contribution in [0.3, 0.4) is 0 Å². The number of nitrogens with one attached hydrogen (secondary N) is 1. The molecule has 1 unspecified atom stereocenters. The number of nitrogens with two attached hydrogens (primary N) is 1. The topological polar surface area (TPSA) is 98.2 Å². The van der Waals surface area contributed by atoms with Crippen molar-refractivity contribution < 1.29 is 4.79 Å². The lowest BCUT2D eigenvalue weighted by Gasteiger charge is -2.12. The fourth-order valence-electron chi connectivity index (χ4n) is 2.09. The first-order valence-electron chi connectivity index (χ1n) is 6.48. The zero-order chi connectivity index (χ0) is 14.8. The molecule has 7 nitrogen and oxygen atoms in total. The molecule has 7 heteroatoms. The van der Waals surface area contributed by atoms with Crippen molar-refractivity contribution in [3.8, 4) is 0 Å². The molecule has 0 saturated carbocycles. The van der Waals surface area contributed by atoms with Crippen LogP contribution in [0, 0.1) is 0 Å². The average molecular weight is 282 g/mol. The molecule has 3 aromatic rings. The zero-order valence-electron chi connectivity index (χ0n) is 11.4. The molecule has 0 aromatic carbocycles. The molecule has 3 aromatic heterocycles. The molecule has 0 fully saturated rings. The van der Waals surface area contributed by atoms with Crippen LogP contribution in [-0.2, 0) is 0 Å². The monoisotopic (exact) mass is 282 g/mol. The molecule has 1 amide bonds. The standard InChI is InChI=1S/C14H14N6O/c1-9(13-19-18-11-6-2-3-8-20(11)13)17-14(21)12-10(15)5-4-7-16-12/h2-9H,15H2,1H3,(H,17,21). The van der Waals surface area contributed by atoms with Crippen LogP contribution in [-0.4, -0.2) is 25.5 Å². The van der Waals surface area contributed by atoms with Gasteiger partial charge in [0.1, 0.15) is 0 Å². The van der Waals surface area contributed by atoms with Gasteiger partial charge in [-0.25, -0.2) is 4.98 Å². The van der Waals surface area contributed by atoms with Gasteiger partial charge in [0.2, 0.25) is 0 Å². The number of nitrogens with zero attached hydrogens (tertiary/aromatic N) is 4. The first-order valence-corrected chi connectivity index (χ1v) is 6.48. The Labute approximate surface area is 120 Å². The Kier molecular flexibility index (Phi) is 3.23. The first-order chi connectivity index (χ1) is 10.2. The highest BCUT2D eigenvalue weighted by Gasteiger charge is 2.18. The van der Waals surface area contributed by atoms with Crippen molar-refractivity contribution in [3.63, 3.8) is 0 Å². The molecule has 3 heterocycles. The van der Waals surface area contributed by atoms with Crippen molar-refractivity contribution in [1.82, 2.24) is 24.9 Å². The maximum Gasteiger partial charge on any atom is 0.272 e. The number of anilines is 1. The summed E-state index contributed by atoms with van der Waals surface area (Å²) in [6.45, 7) is 1.83. The van der Waals surface area contributed by atoms with E-state index in [4.69, 9.17) is 5.73 Å². The van der Waals surface area contributed by atoms with Gasteiger partial charge >= 0.3 is 0 Å². The summed E-state index contributed by atoms with van der Waals surface area (Å²) in [5.74, 6) is 0.307. The minimum atomic E-state index is -0.340. The normalized spacial score (nSPS) is 12.2. The molecule has 1 atom stereocenters. The van der Waals surface area contributed by atoms with E-state index < -0.39 is 0 Å². The lowest BCUT2D eigenvalue weighted by Crippen LogP contribution is -2.29. The summed E-state index contributed by atoms with van der Waals surface area (Å²) in [6, 6.07) is 8.61. The van der Waals surface area contributed by atoms with Crippen LogP contribution in [0.2, 0.25) is 0 Å². The summed E-state index contributed by atoms with van der Waals surface area (Å²) >= 11 is 0. The van der Waals surface area contributed by atoms with Crippen LogP contribution in [0.4, 0.5) is 5.69 Å². The number of fused-ring (bicyclic) bond motifs is 1. The second kappa shape index (κ2) is 5.20. The van der Waals surface area contributed by atoms with Crippen LogP contribution in [0.25, 0.3) is 5.65 Å². The Morgan fingerprint density at radius 2 is 2.14 bits per heavy atom. The molecule has 0 aliphatic heterocycles. The molecule has 0 bridgehead atoms. The first kappa shape index (κ1) is 13.0. The number of carbonyl (C=O) groups is 1. The van der Waals surface area contributed by atoms with Crippen molar-refractivity contribution in [2.45, 2.75) is 13.0 Å². The van der Waals surface area contributed by atoms with E-state index in [0.29, 0.717) is 11.5 Å². The number of aromatic nitrogens is 4. The molecule has 0 saturated heterocycles. The molecule has 0 radical (unpaired) electrons. The summed E-state index contributed by atoms with van der Waals surface area (Å²) in [4.78, 5) is 16.2. The summed E-state index contributed by atoms with van der Waals surface area (Å²) in [5, 5.41) is 11.0. The van der Waals surface area contributed by atoms with Gasteiger partial charge in [-0.05, 0) is 31.2 Å². The van der Waals surface area contributed by atoms with E-state index in [0.717, 1.165) is 5.65 Å². The summed E-state index contributed by atoms with van der Waals surface area (Å²) in [5.41, 5.74) is 7.03. The predicted octanol–water partition coefficient (Wildman–Crippen LogP) is 1.20. The van der Waals surface area contributed by atoms with E-state index in [1.54, 1.807) is 12.1 Å². The number of pyridine rings is 2. The third kappa shape index (κ3) is 2.40. The van der Waals surface area contributed by atoms with Crippen molar-refractivity contribution in [3.05, 3.63) is 54.2 Å². The quantitative estimate of drug-likeness (QED) is 0.752. The third-order valence-electron chi connectivity index (χ3n) is 3.13. The second-order valence-electron chi connectivity index (χ2n) is 4.62. The Morgan fingerprint density at radius 1 is 1.29 bits per heavy atom. The van der Waals surface area contributed by atoms with E-state index in [2.05, 4.69) is 20.5 Å². The molecule has 0 aliphatic rings. The molecule has 0 spiro atoms. The molecule has 3 rings (SSSR count). The van der Waals surface area contributed by atoms with Gasteiger partial charge < -0.3 is 11.1 Å². The van der Waals surface area contributed by atoms with Gasteiger partial charge in [0, 0.05) is 12.4 Å². The Hall–Kier alpha value is -2.96. The Balaban J connectivity index is 1.85. The number of amides is 1. The zero-order valence-corrected chi connectivity index (χ0v) is 11.4. The minimum Gasteiger partial charge on any atom is -0.397 e. The lowest BCUT2D eigenvalue weighted by molar-refractivity contribution is 0.0934. The Bertz CT molecular complexity index is 797. The third-order valence-corrected chi connectivity index (χ3v) is 3.13. The van der Waals surface area contributed by atoms with Gasteiger partial charge in [0.25, 0.3) is 5.91 Å². The van der Waals surface area contributed by atoms with Gasteiger partial charge in [-0.2, -0.15) is 0 Å². The van der Waals surface area contributed by atoms with Gasteiger partial charge in [-0.15, -0.1) is 10.2 Å². The fourth-order valence-corrected chi connectivity index (χ4v) is 2.09. The maximum absolute atomic E-state index is 12.2. The highest BCUT2D eigenvalue weighted by Crippen LogP contribution is 2.14. The summed E-state index contributed by atoms with van der Waals surface area (Å²) < 4.78 is 1.83. The predicted molar refractivity (Wildman–Crippen MR) is 77.5 cm³/mol. The largest absolute Gasteiger partial charge is 0.397 e. The van der Waals surface area contributed by atoms with E-state index in [1.807, 2.05) is 35.7 Å².